The van der Waals surface area contributed by atoms with Crippen molar-refractivity contribution in [3.63, 3.8) is 0 Å². The third-order valence-corrected chi connectivity index (χ3v) is 7.78. The van der Waals surface area contributed by atoms with Gasteiger partial charge in [0.15, 0.2) is 24.8 Å². The molecular weight excluding hydrogens is 692 g/mol. The minimum absolute atomic E-state index is 0.0827. The van der Waals surface area contributed by atoms with Crippen LogP contribution in [0.4, 0.5) is 0 Å². The molecule has 2 amide bonds. The van der Waals surface area contributed by atoms with Gasteiger partial charge in [-0.05, 0) is 0 Å². The van der Waals surface area contributed by atoms with E-state index >= 15 is 0 Å². The van der Waals surface area contributed by atoms with Crippen LogP contribution in [0.2, 0.25) is 0 Å². The molecule has 0 aromatic carbocycles. The van der Waals surface area contributed by atoms with Crippen molar-refractivity contribution in [2.75, 3.05) is 20.8 Å². The standard InChI is InChI=1S/C18H28N2O22S3/c1-35-13-11(24)14(42-45(32,33)34)18(40-15(13)16(25)41-20-7(21)3-4-8(20)22)39-12-6(5-37-44(29,30)31)38-17(36-2)9(10(12)23)19-43(26,27)28/h6,9-15,17-19,23-24H,3-5H2,1-2H3,(H,26,27,28)(H,29,30,31)(H,32,33,34). The third kappa shape index (κ3) is 9.73. The fraction of sp³-hybridized carbons (Fsp3) is 0.833. The lowest BCUT2D eigenvalue weighted by Crippen LogP contribution is -2.68. The van der Waals surface area contributed by atoms with Crippen molar-refractivity contribution in [3.8, 4) is 0 Å². The highest BCUT2D eigenvalue weighted by molar-refractivity contribution is 7.83. The Morgan fingerprint density at radius 3 is 1.96 bits per heavy atom. The molecule has 260 valence electrons. The van der Waals surface area contributed by atoms with Crippen LogP contribution in [0.5, 0.6) is 0 Å². The first kappa shape index (κ1) is 37.4. The monoisotopic (exact) mass is 720 g/mol. The SMILES string of the molecule is COC1OC(COS(=O)(=O)O)C(OC2OC(C(=O)ON3C(=O)CCC3=O)C(OC)C(O)C2OS(=O)(=O)O)C(O)C1NS(=O)(=O)O. The van der Waals surface area contributed by atoms with Crippen LogP contribution in [0.3, 0.4) is 0 Å². The quantitative estimate of drug-likeness (QED) is 0.0763. The summed E-state index contributed by atoms with van der Waals surface area (Å²) in [5.74, 6) is -3.47. The largest absolute Gasteiger partial charge is 0.397 e. The molecule has 3 aliphatic rings. The molecule has 3 heterocycles. The van der Waals surface area contributed by atoms with Crippen LogP contribution in [-0.2, 0) is 82.4 Å². The molecular formula is C18H28N2O22S3. The number of hydrogen-bond donors (Lipinski definition) is 6. The molecule has 0 aliphatic carbocycles. The Bertz CT molecular complexity index is 1420. The van der Waals surface area contributed by atoms with E-state index in [0.29, 0.717) is 0 Å². The number of carbonyl (C=O) groups is 3. The normalized spacial score (nSPS) is 35.0. The Hall–Kier alpha value is -2.06. The minimum atomic E-state index is -5.50. The van der Waals surface area contributed by atoms with E-state index in [0.717, 1.165) is 14.2 Å². The fourth-order valence-electron chi connectivity index (χ4n) is 4.46. The fourth-order valence-corrected chi connectivity index (χ4v) is 5.85. The van der Waals surface area contributed by atoms with Gasteiger partial charge in [-0.2, -0.15) is 30.0 Å². The molecule has 27 heteroatoms. The van der Waals surface area contributed by atoms with Crippen molar-refractivity contribution in [1.29, 1.82) is 0 Å². The number of aliphatic hydroxyl groups excluding tert-OH is 2. The summed E-state index contributed by atoms with van der Waals surface area (Å²) in [5.41, 5.74) is 0. The molecule has 45 heavy (non-hydrogen) atoms. The minimum Gasteiger partial charge on any atom is -0.388 e. The zero-order valence-corrected chi connectivity index (χ0v) is 25.2. The van der Waals surface area contributed by atoms with Crippen LogP contribution >= 0.6 is 0 Å². The van der Waals surface area contributed by atoms with Crippen LogP contribution in [-0.4, -0.2) is 154 Å². The maximum absolute atomic E-state index is 13.0. The number of nitrogens with zero attached hydrogens (tertiary/aromatic N) is 1. The van der Waals surface area contributed by atoms with Crippen molar-refractivity contribution in [1.82, 2.24) is 9.79 Å². The molecule has 0 bridgehead atoms. The predicted octanol–water partition coefficient (Wildman–Crippen LogP) is -5.42. The van der Waals surface area contributed by atoms with Crippen molar-refractivity contribution in [3.05, 3.63) is 0 Å². The molecule has 0 radical (unpaired) electrons. The molecule has 0 aromatic heterocycles. The second-order valence-corrected chi connectivity index (χ2v) is 12.6. The summed E-state index contributed by atoms with van der Waals surface area (Å²) in [6.45, 7) is -1.23. The number of hydrogen-bond acceptors (Lipinski definition) is 19. The van der Waals surface area contributed by atoms with E-state index < -0.39 is 117 Å². The second kappa shape index (κ2) is 14.4. The highest BCUT2D eigenvalue weighted by Crippen LogP contribution is 2.33. The second-order valence-electron chi connectivity index (χ2n) is 9.30. The number of hydroxylamine groups is 2. The lowest BCUT2D eigenvalue weighted by molar-refractivity contribution is -0.341. The molecule has 0 saturated carbocycles. The summed E-state index contributed by atoms with van der Waals surface area (Å²) >= 11 is 0. The number of aliphatic hydroxyl groups is 2. The highest BCUT2D eigenvalue weighted by atomic mass is 32.3. The molecule has 3 fully saturated rings. The van der Waals surface area contributed by atoms with E-state index in [1.807, 2.05) is 0 Å². The summed E-state index contributed by atoms with van der Waals surface area (Å²) in [7, 11) is -14.1. The van der Waals surface area contributed by atoms with Gasteiger partial charge in [-0.3, -0.25) is 23.2 Å². The van der Waals surface area contributed by atoms with Crippen molar-refractivity contribution in [2.24, 2.45) is 0 Å². The smallest absolute Gasteiger partial charge is 0.388 e. The molecule has 10 unspecified atom stereocenters. The average Bonchev–Trinajstić information content (AvgIpc) is 3.22. The van der Waals surface area contributed by atoms with E-state index in [1.54, 1.807) is 0 Å². The molecule has 6 N–H and O–H groups in total. The number of amides is 2. The third-order valence-electron chi connectivity index (χ3n) is 6.31. The number of methoxy groups -OCH3 is 2. The van der Waals surface area contributed by atoms with Gasteiger partial charge >= 0.3 is 37.1 Å². The summed E-state index contributed by atoms with van der Waals surface area (Å²) in [4.78, 5) is 41.6. The van der Waals surface area contributed by atoms with Gasteiger partial charge in [0.1, 0.15) is 36.6 Å². The van der Waals surface area contributed by atoms with Crippen LogP contribution in [0.15, 0.2) is 0 Å². The van der Waals surface area contributed by atoms with E-state index in [-0.39, 0.29) is 17.9 Å². The number of rotatable bonds is 13. The van der Waals surface area contributed by atoms with E-state index in [4.69, 9.17) is 33.1 Å². The van der Waals surface area contributed by atoms with Gasteiger partial charge in [0, 0.05) is 27.1 Å². The topological polar surface area (TPSA) is 344 Å². The first-order valence-corrected chi connectivity index (χ1v) is 16.3. The lowest BCUT2D eigenvalue weighted by atomic mass is 9.96. The molecule has 0 spiro atoms. The van der Waals surface area contributed by atoms with Crippen LogP contribution in [0.25, 0.3) is 0 Å². The first-order chi connectivity index (χ1) is 20.7. The van der Waals surface area contributed by atoms with Crippen LogP contribution in [0, 0.1) is 0 Å². The summed E-state index contributed by atoms with van der Waals surface area (Å²) in [6, 6.07) is -1.99. The summed E-state index contributed by atoms with van der Waals surface area (Å²) < 4.78 is 133. The average molecular weight is 721 g/mol. The predicted molar refractivity (Wildman–Crippen MR) is 132 cm³/mol. The van der Waals surface area contributed by atoms with Gasteiger partial charge in [-0.1, -0.05) is 0 Å². The number of imide groups is 1. The van der Waals surface area contributed by atoms with Gasteiger partial charge in [0.05, 0.1) is 6.61 Å². The maximum Gasteiger partial charge on any atom is 0.397 e. The summed E-state index contributed by atoms with van der Waals surface area (Å²) in [6.07, 6.45) is -20.2. The number of nitrogens with one attached hydrogen (secondary N) is 1. The zero-order valence-electron chi connectivity index (χ0n) is 22.7. The molecule has 3 saturated heterocycles. The first-order valence-electron chi connectivity index (χ1n) is 12.1. The zero-order chi connectivity index (χ0) is 34.1. The molecule has 0 aromatic rings. The van der Waals surface area contributed by atoms with Crippen LogP contribution in [0.1, 0.15) is 12.8 Å². The molecule has 24 nitrogen and oxygen atoms in total. The highest BCUT2D eigenvalue weighted by Gasteiger charge is 2.56. The molecule has 3 aliphatic heterocycles. The molecule has 10 atom stereocenters. The summed E-state index contributed by atoms with van der Waals surface area (Å²) in [5, 5.41) is 22.0. The Morgan fingerprint density at radius 1 is 0.867 bits per heavy atom. The van der Waals surface area contributed by atoms with Crippen LogP contribution < -0.4 is 4.72 Å². The van der Waals surface area contributed by atoms with Crippen molar-refractivity contribution >= 4 is 48.9 Å². The maximum atomic E-state index is 13.0. The van der Waals surface area contributed by atoms with Crippen molar-refractivity contribution in [2.45, 2.75) is 74.2 Å². The lowest BCUT2D eigenvalue weighted by Gasteiger charge is -2.47. The van der Waals surface area contributed by atoms with Gasteiger partial charge < -0.3 is 38.7 Å². The van der Waals surface area contributed by atoms with Gasteiger partial charge in [-0.15, -0.1) is 5.06 Å². The Balaban J connectivity index is 2.02. The van der Waals surface area contributed by atoms with Gasteiger partial charge in [0.2, 0.25) is 0 Å². The molecule has 3 rings (SSSR count). The van der Waals surface area contributed by atoms with Gasteiger partial charge in [-0.25, -0.2) is 13.2 Å². The Morgan fingerprint density at radius 2 is 1.47 bits per heavy atom. The number of carbonyl (C=O) groups excluding carboxylic acids is 3. The van der Waals surface area contributed by atoms with E-state index in [2.05, 4.69) is 8.37 Å². The van der Waals surface area contributed by atoms with Crippen molar-refractivity contribution < 1.29 is 100 Å². The number of ether oxygens (including phenoxy) is 5. The Labute approximate surface area is 254 Å². The van der Waals surface area contributed by atoms with E-state index in [1.165, 1.54) is 4.72 Å². The van der Waals surface area contributed by atoms with E-state index in [9.17, 15) is 59.0 Å². The van der Waals surface area contributed by atoms with Gasteiger partial charge in [0.25, 0.3) is 11.8 Å². The Kier molecular flexibility index (Phi) is 11.9.